The van der Waals surface area contributed by atoms with Crippen molar-refractivity contribution in [3.8, 4) is 0 Å². The predicted molar refractivity (Wildman–Crippen MR) is 113 cm³/mol. The van der Waals surface area contributed by atoms with Crippen molar-refractivity contribution in [1.29, 1.82) is 0 Å². The molecule has 0 saturated carbocycles. The highest BCUT2D eigenvalue weighted by Gasteiger charge is 2.41. The zero-order valence-electron chi connectivity index (χ0n) is 17.4. The second-order valence-corrected chi connectivity index (χ2v) is 7.97. The summed E-state index contributed by atoms with van der Waals surface area (Å²) in [4.78, 5) is 37.5. The second kappa shape index (κ2) is 11.8. The van der Waals surface area contributed by atoms with Gasteiger partial charge in [-0.1, -0.05) is 20.3 Å². The summed E-state index contributed by atoms with van der Waals surface area (Å²) in [5.41, 5.74) is 9.80. The molecule has 0 bridgehead atoms. The highest BCUT2D eigenvalue weighted by Crippen LogP contribution is 2.20. The van der Waals surface area contributed by atoms with E-state index in [4.69, 9.17) is 11.5 Å². The van der Waals surface area contributed by atoms with Crippen LogP contribution in [0.15, 0.2) is 0 Å². The first-order valence-electron chi connectivity index (χ1n) is 9.72. The lowest BCUT2D eigenvalue weighted by Crippen LogP contribution is -2.64. The SMILES string of the molecule is CCC(C)(N)C(=O)[C@@H](CCCCN)NC(C)(CC)C(=O)[C@@H](CS)NC(C)=O. The predicted octanol–water partition coefficient (Wildman–Crippen LogP) is 0.942. The Balaban J connectivity index is 5.60. The van der Waals surface area contributed by atoms with Gasteiger partial charge < -0.3 is 16.8 Å². The Morgan fingerprint density at radius 1 is 1.04 bits per heavy atom. The molecule has 0 heterocycles. The standard InChI is InChI=1S/C19H38N4O3S/c1-6-18(4,21)16(25)14(10-8-9-11-20)23-19(5,7-2)17(26)15(12-27)22-13(3)24/h14-15,23,27H,6-12,20-21H2,1-5H3,(H,22,24)/t14-,15-,18?,19?/m1/s1. The van der Waals surface area contributed by atoms with E-state index in [0.717, 1.165) is 12.8 Å². The minimum atomic E-state index is -0.983. The summed E-state index contributed by atoms with van der Waals surface area (Å²) in [6.07, 6.45) is 3.07. The Bertz CT molecular complexity index is 513. The third-order valence-corrected chi connectivity index (χ3v) is 5.55. The van der Waals surface area contributed by atoms with E-state index in [2.05, 4.69) is 23.3 Å². The lowest BCUT2D eigenvalue weighted by atomic mass is 9.83. The maximum absolute atomic E-state index is 13.1. The van der Waals surface area contributed by atoms with Crippen LogP contribution in [0.3, 0.4) is 0 Å². The molecule has 0 saturated heterocycles. The van der Waals surface area contributed by atoms with Crippen LogP contribution >= 0.6 is 12.6 Å². The number of thiol groups is 1. The van der Waals surface area contributed by atoms with Gasteiger partial charge in [0.2, 0.25) is 5.91 Å². The molecule has 0 aromatic carbocycles. The number of ketones is 2. The third-order valence-electron chi connectivity index (χ3n) is 5.18. The van der Waals surface area contributed by atoms with Gasteiger partial charge in [-0.05, 0) is 46.1 Å². The molecular formula is C19H38N4O3S. The number of amides is 1. The van der Waals surface area contributed by atoms with Gasteiger partial charge in [-0.25, -0.2) is 0 Å². The molecule has 6 N–H and O–H groups in total. The van der Waals surface area contributed by atoms with E-state index in [9.17, 15) is 14.4 Å². The van der Waals surface area contributed by atoms with E-state index in [0.29, 0.717) is 25.8 Å². The first-order chi connectivity index (χ1) is 12.5. The van der Waals surface area contributed by atoms with Crippen molar-refractivity contribution in [3.05, 3.63) is 0 Å². The molecule has 7 nitrogen and oxygen atoms in total. The first kappa shape index (κ1) is 26.0. The maximum atomic E-state index is 13.1. The highest BCUT2D eigenvalue weighted by atomic mass is 32.1. The molecule has 0 aliphatic rings. The van der Waals surface area contributed by atoms with Crippen LogP contribution in [0.5, 0.6) is 0 Å². The lowest BCUT2D eigenvalue weighted by Gasteiger charge is -2.37. The van der Waals surface area contributed by atoms with E-state index in [-0.39, 0.29) is 23.2 Å². The normalized spacial score (nSPS) is 18.1. The number of nitrogens with two attached hydrogens (primary N) is 2. The van der Waals surface area contributed by atoms with Gasteiger partial charge in [0.1, 0.15) is 0 Å². The van der Waals surface area contributed by atoms with Gasteiger partial charge in [0.25, 0.3) is 0 Å². The fourth-order valence-electron chi connectivity index (χ4n) is 2.89. The minimum absolute atomic E-state index is 0.114. The largest absolute Gasteiger partial charge is 0.346 e. The van der Waals surface area contributed by atoms with Crippen LogP contribution in [0.2, 0.25) is 0 Å². The summed E-state index contributed by atoms with van der Waals surface area (Å²) in [6.45, 7) is 9.12. The summed E-state index contributed by atoms with van der Waals surface area (Å²) in [5, 5.41) is 5.90. The van der Waals surface area contributed by atoms with Crippen LogP contribution < -0.4 is 22.1 Å². The molecule has 0 fully saturated rings. The molecule has 0 rings (SSSR count). The molecule has 8 heteroatoms. The Morgan fingerprint density at radius 2 is 1.63 bits per heavy atom. The fourth-order valence-corrected chi connectivity index (χ4v) is 3.15. The molecule has 2 unspecified atom stereocenters. The second-order valence-electron chi connectivity index (χ2n) is 7.60. The summed E-state index contributed by atoms with van der Waals surface area (Å²) in [7, 11) is 0. The average molecular weight is 403 g/mol. The Morgan fingerprint density at radius 3 is 2.04 bits per heavy atom. The van der Waals surface area contributed by atoms with E-state index in [1.165, 1.54) is 6.92 Å². The van der Waals surface area contributed by atoms with Gasteiger partial charge in [0.05, 0.1) is 23.2 Å². The quantitative estimate of drug-likeness (QED) is 0.217. The van der Waals surface area contributed by atoms with E-state index in [1.807, 2.05) is 13.8 Å². The number of hydrogen-bond acceptors (Lipinski definition) is 7. The minimum Gasteiger partial charge on any atom is -0.346 e. The van der Waals surface area contributed by atoms with E-state index < -0.39 is 23.2 Å². The first-order valence-corrected chi connectivity index (χ1v) is 10.4. The zero-order valence-corrected chi connectivity index (χ0v) is 18.3. The van der Waals surface area contributed by atoms with E-state index >= 15 is 0 Å². The van der Waals surface area contributed by atoms with Crippen molar-refractivity contribution in [2.75, 3.05) is 12.3 Å². The number of hydrogen-bond donors (Lipinski definition) is 5. The van der Waals surface area contributed by atoms with Gasteiger partial charge >= 0.3 is 0 Å². The highest BCUT2D eigenvalue weighted by molar-refractivity contribution is 7.80. The Hall–Kier alpha value is -0.960. The molecule has 4 atom stereocenters. The van der Waals surface area contributed by atoms with Crippen molar-refractivity contribution in [1.82, 2.24) is 10.6 Å². The van der Waals surface area contributed by atoms with Crippen molar-refractivity contribution in [2.24, 2.45) is 11.5 Å². The molecule has 0 aliphatic carbocycles. The van der Waals surface area contributed by atoms with E-state index in [1.54, 1.807) is 13.8 Å². The average Bonchev–Trinajstić information content (AvgIpc) is 2.63. The number of carbonyl (C=O) groups is 3. The number of unbranched alkanes of at least 4 members (excludes halogenated alkanes) is 1. The Labute approximate surface area is 169 Å². The van der Waals surface area contributed by atoms with Crippen molar-refractivity contribution >= 4 is 30.1 Å². The Kier molecular flexibility index (Phi) is 11.4. The zero-order chi connectivity index (χ0) is 21.3. The lowest BCUT2D eigenvalue weighted by molar-refractivity contribution is -0.132. The maximum Gasteiger partial charge on any atom is 0.217 e. The number of rotatable bonds is 14. The third kappa shape index (κ3) is 7.89. The van der Waals surface area contributed by atoms with Gasteiger partial charge in [-0.15, -0.1) is 0 Å². The van der Waals surface area contributed by atoms with Crippen molar-refractivity contribution in [2.45, 2.75) is 89.9 Å². The number of Topliss-reactive ketones (excluding diaryl/α,β-unsaturated/α-hetero) is 2. The molecule has 0 radical (unpaired) electrons. The smallest absolute Gasteiger partial charge is 0.217 e. The van der Waals surface area contributed by atoms with Gasteiger partial charge in [-0.2, -0.15) is 12.6 Å². The van der Waals surface area contributed by atoms with Crippen LogP contribution in [-0.2, 0) is 14.4 Å². The molecule has 0 aromatic rings. The van der Waals surface area contributed by atoms with Gasteiger partial charge in [0.15, 0.2) is 11.6 Å². The van der Waals surface area contributed by atoms with Crippen LogP contribution in [0.4, 0.5) is 0 Å². The molecule has 158 valence electrons. The number of carbonyl (C=O) groups excluding carboxylic acids is 3. The molecule has 1 amide bonds. The van der Waals surface area contributed by atoms with Crippen LogP contribution in [0.1, 0.15) is 66.7 Å². The summed E-state index contributed by atoms with van der Waals surface area (Å²) in [6, 6.07) is -1.28. The molecule has 27 heavy (non-hydrogen) atoms. The summed E-state index contributed by atoms with van der Waals surface area (Å²) >= 11 is 4.20. The summed E-state index contributed by atoms with van der Waals surface area (Å²) < 4.78 is 0. The van der Waals surface area contributed by atoms with Crippen LogP contribution in [0, 0.1) is 0 Å². The topological polar surface area (TPSA) is 127 Å². The molecule has 0 aromatic heterocycles. The molecule has 0 aliphatic heterocycles. The summed E-state index contributed by atoms with van der Waals surface area (Å²) in [5.74, 6) is -0.416. The van der Waals surface area contributed by atoms with Gasteiger partial charge in [0, 0.05) is 12.7 Å². The molecular weight excluding hydrogens is 364 g/mol. The molecule has 0 spiro atoms. The van der Waals surface area contributed by atoms with Gasteiger partial charge in [-0.3, -0.25) is 19.7 Å². The monoisotopic (exact) mass is 402 g/mol. The van der Waals surface area contributed by atoms with Crippen molar-refractivity contribution < 1.29 is 14.4 Å². The number of nitrogens with one attached hydrogen (secondary N) is 2. The van der Waals surface area contributed by atoms with Crippen LogP contribution in [0.25, 0.3) is 0 Å². The fraction of sp³-hybridized carbons (Fsp3) is 0.842. The van der Waals surface area contributed by atoms with Crippen LogP contribution in [-0.4, -0.2) is 52.9 Å². The van der Waals surface area contributed by atoms with Crippen molar-refractivity contribution in [3.63, 3.8) is 0 Å².